The molecule has 0 aliphatic carbocycles. The van der Waals surface area contributed by atoms with Crippen LogP contribution in [0.3, 0.4) is 0 Å². The number of para-hydroxylation sites is 1. The van der Waals surface area contributed by atoms with E-state index in [2.05, 4.69) is 37.1 Å². The van der Waals surface area contributed by atoms with E-state index in [1.165, 1.54) is 5.56 Å². The number of nitrogens with zero attached hydrogens (tertiary/aromatic N) is 6. The van der Waals surface area contributed by atoms with Gasteiger partial charge in [-0.1, -0.05) is 30.3 Å². The molecule has 0 amide bonds. The van der Waals surface area contributed by atoms with Gasteiger partial charge in [-0.15, -0.1) is 10.2 Å². The summed E-state index contributed by atoms with van der Waals surface area (Å²) in [5.41, 5.74) is 3.66. The van der Waals surface area contributed by atoms with Gasteiger partial charge in [-0.05, 0) is 53.9 Å². The van der Waals surface area contributed by atoms with E-state index in [-0.39, 0.29) is 5.89 Å². The summed E-state index contributed by atoms with van der Waals surface area (Å²) in [6.07, 6.45) is 1.89. The zero-order valence-electron chi connectivity index (χ0n) is 22.1. The maximum atomic E-state index is 13.6. The van der Waals surface area contributed by atoms with Crippen LogP contribution in [0.25, 0.3) is 11.5 Å². The number of hydrogen-bond acceptors (Lipinski definition) is 7. The molecule has 0 saturated carbocycles. The van der Waals surface area contributed by atoms with Gasteiger partial charge in [-0.3, -0.25) is 14.2 Å². The van der Waals surface area contributed by atoms with Gasteiger partial charge in [0, 0.05) is 62.9 Å². The lowest BCUT2D eigenvalue weighted by Gasteiger charge is -2.35. The van der Waals surface area contributed by atoms with Crippen LogP contribution in [0.4, 0.5) is 14.5 Å². The van der Waals surface area contributed by atoms with Crippen LogP contribution in [0.5, 0.6) is 0 Å². The largest absolute Gasteiger partial charge is 0.415 e. The van der Waals surface area contributed by atoms with Crippen LogP contribution in [0.1, 0.15) is 23.4 Å². The van der Waals surface area contributed by atoms with E-state index in [0.717, 1.165) is 56.9 Å². The summed E-state index contributed by atoms with van der Waals surface area (Å²) in [6, 6.07) is 21.1. The lowest BCUT2D eigenvalue weighted by molar-refractivity contribution is 0.116. The number of hydrogen-bond donors (Lipinski definition) is 0. The predicted molar refractivity (Wildman–Crippen MR) is 151 cm³/mol. The number of halogens is 2. The van der Waals surface area contributed by atoms with Crippen molar-refractivity contribution in [2.24, 2.45) is 0 Å². The van der Waals surface area contributed by atoms with Crippen LogP contribution < -0.4 is 4.31 Å². The van der Waals surface area contributed by atoms with Gasteiger partial charge in [0.1, 0.15) is 11.0 Å². The molecule has 5 rings (SSSR count). The molecule has 2 aromatic carbocycles. The summed E-state index contributed by atoms with van der Waals surface area (Å²) < 4.78 is 46.1. The summed E-state index contributed by atoms with van der Waals surface area (Å²) in [4.78, 5) is 8.95. The Labute approximate surface area is 235 Å². The molecule has 0 radical (unpaired) electrons. The fourth-order valence-corrected chi connectivity index (χ4v) is 5.91. The maximum absolute atomic E-state index is 13.6. The molecule has 2 aromatic heterocycles. The summed E-state index contributed by atoms with van der Waals surface area (Å²) in [5.74, 6) is -0.124. The molecule has 0 N–H and O–H groups in total. The topological polar surface area (TPSA) is 78.6 Å². The van der Waals surface area contributed by atoms with Crippen molar-refractivity contribution < 1.29 is 17.4 Å². The molecule has 0 bridgehead atoms. The fourth-order valence-electron chi connectivity index (χ4n) is 4.62. The van der Waals surface area contributed by atoms with Crippen LogP contribution in [0.2, 0.25) is 0 Å². The Morgan fingerprint density at radius 3 is 2.17 bits per heavy atom. The number of anilines is 1. The molecular formula is C29H32F2N6O2S. The van der Waals surface area contributed by atoms with Crippen molar-refractivity contribution in [1.29, 1.82) is 0 Å². The van der Waals surface area contributed by atoms with Crippen LogP contribution >= 0.6 is 0 Å². The number of rotatable bonds is 12. The molecular weight excluding hydrogens is 534 g/mol. The Morgan fingerprint density at radius 1 is 0.850 bits per heavy atom. The molecule has 1 fully saturated rings. The molecule has 1 unspecified atom stereocenters. The molecule has 8 nitrogen and oxygen atoms in total. The molecule has 210 valence electrons. The average molecular weight is 567 g/mol. The van der Waals surface area contributed by atoms with Crippen molar-refractivity contribution in [1.82, 2.24) is 25.0 Å². The highest BCUT2D eigenvalue weighted by atomic mass is 32.2. The van der Waals surface area contributed by atoms with E-state index < -0.39 is 23.3 Å². The van der Waals surface area contributed by atoms with Gasteiger partial charge in [0.15, 0.2) is 0 Å². The standard InChI is InChI=1S/C29H32F2N6O2S/c30-27(31)29-34-33-28(39-29)25-8-6-24(7-9-25)22-37(26-4-2-1-3-5-26)40(38)21-20-36-18-16-35(17-19-36)15-12-23-10-13-32-14-11-23/h1-11,13-14,27H,12,15-22H2. The number of alkyl halides is 2. The molecule has 1 aliphatic heterocycles. The first kappa shape index (κ1) is 28.0. The molecule has 40 heavy (non-hydrogen) atoms. The van der Waals surface area contributed by atoms with E-state index in [0.29, 0.717) is 17.9 Å². The van der Waals surface area contributed by atoms with Crippen LogP contribution in [0, 0.1) is 0 Å². The highest BCUT2D eigenvalue weighted by Gasteiger charge is 2.21. The number of benzene rings is 2. The zero-order valence-corrected chi connectivity index (χ0v) is 22.9. The normalized spacial score (nSPS) is 15.4. The summed E-state index contributed by atoms with van der Waals surface area (Å²) in [5, 5.41) is 7.09. The molecule has 1 atom stereocenters. The monoisotopic (exact) mass is 566 g/mol. The van der Waals surface area contributed by atoms with Crippen molar-refractivity contribution in [3.8, 4) is 11.5 Å². The lowest BCUT2D eigenvalue weighted by Crippen LogP contribution is -2.48. The smallest absolute Gasteiger partial charge is 0.314 e. The third-order valence-corrected chi connectivity index (χ3v) is 8.32. The lowest BCUT2D eigenvalue weighted by atomic mass is 10.1. The molecule has 4 aromatic rings. The van der Waals surface area contributed by atoms with Crippen LogP contribution in [-0.2, 0) is 24.0 Å². The van der Waals surface area contributed by atoms with E-state index >= 15 is 0 Å². The Morgan fingerprint density at radius 2 is 1.52 bits per heavy atom. The maximum Gasteiger partial charge on any atom is 0.314 e. The third kappa shape index (κ3) is 7.56. The molecule has 0 spiro atoms. The van der Waals surface area contributed by atoms with Crippen molar-refractivity contribution in [3.63, 3.8) is 0 Å². The summed E-state index contributed by atoms with van der Waals surface area (Å²) in [7, 11) is -1.24. The first-order chi connectivity index (χ1) is 19.5. The summed E-state index contributed by atoms with van der Waals surface area (Å²) in [6.45, 7) is 6.16. The first-order valence-electron chi connectivity index (χ1n) is 13.3. The minimum atomic E-state index is -2.81. The molecule has 3 heterocycles. The van der Waals surface area contributed by atoms with Crippen molar-refractivity contribution in [2.45, 2.75) is 19.4 Å². The van der Waals surface area contributed by atoms with Crippen molar-refractivity contribution in [2.75, 3.05) is 49.3 Å². The minimum absolute atomic E-state index is 0.0443. The van der Waals surface area contributed by atoms with Crippen LogP contribution in [0.15, 0.2) is 83.5 Å². The van der Waals surface area contributed by atoms with Crippen LogP contribution in [-0.4, -0.2) is 74.2 Å². The SMILES string of the molecule is O=S(CCN1CCN(CCc2ccncc2)CC1)N(Cc1ccc(-c2nnc(C(F)F)o2)cc1)c1ccccc1. The van der Waals surface area contributed by atoms with Gasteiger partial charge in [0.2, 0.25) is 5.89 Å². The van der Waals surface area contributed by atoms with Gasteiger partial charge >= 0.3 is 6.43 Å². The van der Waals surface area contributed by atoms with E-state index in [1.54, 1.807) is 12.1 Å². The zero-order chi connectivity index (χ0) is 27.7. The molecule has 1 aliphatic rings. The van der Waals surface area contributed by atoms with Gasteiger partial charge in [0.25, 0.3) is 5.89 Å². The Kier molecular flexibility index (Phi) is 9.58. The molecule has 1 saturated heterocycles. The fraction of sp³-hybridized carbons (Fsp3) is 0.345. The van der Waals surface area contributed by atoms with Gasteiger partial charge in [-0.2, -0.15) is 8.78 Å². The van der Waals surface area contributed by atoms with Crippen molar-refractivity contribution >= 4 is 16.7 Å². The highest BCUT2D eigenvalue weighted by Crippen LogP contribution is 2.25. The first-order valence-corrected chi connectivity index (χ1v) is 14.6. The van der Waals surface area contributed by atoms with E-state index in [4.69, 9.17) is 4.42 Å². The van der Waals surface area contributed by atoms with E-state index in [1.807, 2.05) is 59.2 Å². The Hall–Kier alpha value is -3.54. The Balaban J connectivity index is 1.15. The number of aromatic nitrogens is 3. The van der Waals surface area contributed by atoms with Gasteiger partial charge in [0.05, 0.1) is 12.3 Å². The Bertz CT molecular complexity index is 1350. The second-order valence-electron chi connectivity index (χ2n) is 9.63. The second-order valence-corrected chi connectivity index (χ2v) is 11.1. The highest BCUT2D eigenvalue weighted by molar-refractivity contribution is 7.86. The summed E-state index contributed by atoms with van der Waals surface area (Å²) >= 11 is 0. The number of pyridine rings is 1. The minimum Gasteiger partial charge on any atom is -0.415 e. The predicted octanol–water partition coefficient (Wildman–Crippen LogP) is 4.60. The third-order valence-electron chi connectivity index (χ3n) is 6.96. The van der Waals surface area contributed by atoms with Gasteiger partial charge in [-0.25, -0.2) is 4.21 Å². The second kappa shape index (κ2) is 13.7. The molecule has 11 heteroatoms. The number of piperazine rings is 1. The van der Waals surface area contributed by atoms with E-state index in [9.17, 15) is 13.0 Å². The average Bonchev–Trinajstić information content (AvgIpc) is 3.50. The van der Waals surface area contributed by atoms with Gasteiger partial charge < -0.3 is 9.32 Å². The quantitative estimate of drug-likeness (QED) is 0.248. The van der Waals surface area contributed by atoms with Crippen molar-refractivity contribution in [3.05, 3.63) is 96.1 Å².